The number of rotatable bonds is 4. The molecule has 0 fully saturated rings. The van der Waals surface area contributed by atoms with Gasteiger partial charge in [-0.2, -0.15) is 0 Å². The predicted molar refractivity (Wildman–Crippen MR) is 95.2 cm³/mol. The summed E-state index contributed by atoms with van der Waals surface area (Å²) in [6, 6.07) is 8.11. The molecule has 0 amide bonds. The van der Waals surface area contributed by atoms with Gasteiger partial charge in [-0.1, -0.05) is 45.0 Å². The van der Waals surface area contributed by atoms with Crippen molar-refractivity contribution in [3.63, 3.8) is 0 Å². The number of aliphatic hydroxyl groups is 1. The topological polar surface area (TPSA) is 62.3 Å². The lowest BCUT2D eigenvalue weighted by Crippen LogP contribution is -2.11. The maximum Gasteiger partial charge on any atom is 0.355 e. The minimum Gasteiger partial charge on any atom is -0.456 e. The average molecular weight is 329 g/mol. The Morgan fingerprint density at radius 2 is 1.79 bits per heavy atom. The van der Waals surface area contributed by atoms with Crippen molar-refractivity contribution in [1.29, 1.82) is 0 Å². The van der Waals surface area contributed by atoms with Gasteiger partial charge in [0.1, 0.15) is 12.3 Å². The fraction of sp³-hybridized carbons (Fsp3) is 0.450. The predicted octanol–water partition coefficient (Wildman–Crippen LogP) is 4.34. The Morgan fingerprint density at radius 1 is 1.21 bits per heavy atom. The van der Waals surface area contributed by atoms with E-state index < -0.39 is 12.1 Å². The van der Waals surface area contributed by atoms with E-state index in [9.17, 15) is 9.90 Å². The lowest BCUT2D eigenvalue weighted by atomic mass is 9.87. The fourth-order valence-electron chi connectivity index (χ4n) is 2.92. The van der Waals surface area contributed by atoms with E-state index in [1.807, 2.05) is 26.0 Å². The monoisotopic (exact) mass is 329 g/mol. The summed E-state index contributed by atoms with van der Waals surface area (Å²) in [6.07, 6.45) is -0.618. The summed E-state index contributed by atoms with van der Waals surface area (Å²) in [6.45, 7) is 12.1. The first-order valence-electron chi connectivity index (χ1n) is 8.25. The molecule has 0 unspecified atom stereocenters. The molecule has 1 atom stereocenters. The minimum atomic E-state index is -0.618. The average Bonchev–Trinajstić information content (AvgIpc) is 2.79. The molecule has 1 aromatic heterocycles. The van der Waals surface area contributed by atoms with Gasteiger partial charge < -0.3 is 14.8 Å². The largest absolute Gasteiger partial charge is 0.456 e. The van der Waals surface area contributed by atoms with E-state index >= 15 is 0 Å². The van der Waals surface area contributed by atoms with Crippen LogP contribution in [0.3, 0.4) is 0 Å². The molecule has 130 valence electrons. The first kappa shape index (κ1) is 18.3. The van der Waals surface area contributed by atoms with Crippen LogP contribution in [0.25, 0.3) is 0 Å². The molecule has 0 spiro atoms. The number of benzene rings is 1. The molecule has 1 heterocycles. The number of aryl methyl sites for hydroxylation is 1. The molecular formula is C20H27NO3. The van der Waals surface area contributed by atoms with E-state index in [2.05, 4.69) is 37.9 Å². The normalized spacial score (nSPS) is 13.0. The number of esters is 1. The third-order valence-corrected chi connectivity index (χ3v) is 4.31. The van der Waals surface area contributed by atoms with Gasteiger partial charge in [-0.05, 0) is 42.9 Å². The Bertz CT molecular complexity index is 719. The Hall–Kier alpha value is -2.07. The smallest absolute Gasteiger partial charge is 0.355 e. The third-order valence-electron chi connectivity index (χ3n) is 4.31. The molecule has 0 bridgehead atoms. The van der Waals surface area contributed by atoms with E-state index in [1.165, 1.54) is 5.56 Å². The van der Waals surface area contributed by atoms with Gasteiger partial charge in [-0.3, -0.25) is 0 Å². The van der Waals surface area contributed by atoms with Gasteiger partial charge in [0.05, 0.1) is 6.10 Å². The Labute approximate surface area is 143 Å². The lowest BCUT2D eigenvalue weighted by Gasteiger charge is -2.19. The third kappa shape index (κ3) is 3.88. The Morgan fingerprint density at radius 3 is 2.25 bits per heavy atom. The van der Waals surface area contributed by atoms with Crippen LogP contribution in [0.1, 0.15) is 72.2 Å². The fourth-order valence-corrected chi connectivity index (χ4v) is 2.92. The van der Waals surface area contributed by atoms with E-state index in [0.29, 0.717) is 5.69 Å². The highest BCUT2D eigenvalue weighted by Gasteiger charge is 2.21. The van der Waals surface area contributed by atoms with E-state index in [0.717, 1.165) is 22.4 Å². The second kappa shape index (κ2) is 6.81. The number of aromatic nitrogens is 1. The number of nitrogens with one attached hydrogen (secondary N) is 1. The molecule has 24 heavy (non-hydrogen) atoms. The molecule has 2 aromatic rings. The number of aliphatic hydroxyl groups excluding tert-OH is 1. The highest BCUT2D eigenvalue weighted by Crippen LogP contribution is 2.25. The lowest BCUT2D eigenvalue weighted by molar-refractivity contribution is 0.0465. The van der Waals surface area contributed by atoms with Gasteiger partial charge in [0.15, 0.2) is 0 Å². The molecule has 4 heteroatoms. The van der Waals surface area contributed by atoms with Gasteiger partial charge in [-0.15, -0.1) is 0 Å². The van der Waals surface area contributed by atoms with Crippen molar-refractivity contribution >= 4 is 5.97 Å². The van der Waals surface area contributed by atoms with Crippen LogP contribution in [0.15, 0.2) is 24.3 Å². The zero-order valence-electron chi connectivity index (χ0n) is 15.4. The van der Waals surface area contributed by atoms with E-state index in [1.54, 1.807) is 6.92 Å². The van der Waals surface area contributed by atoms with Crippen LogP contribution in [0, 0.1) is 13.8 Å². The summed E-state index contributed by atoms with van der Waals surface area (Å²) in [4.78, 5) is 15.3. The van der Waals surface area contributed by atoms with Crippen molar-refractivity contribution in [1.82, 2.24) is 4.98 Å². The highest BCUT2D eigenvalue weighted by atomic mass is 16.5. The molecule has 2 N–H and O–H groups in total. The maximum atomic E-state index is 12.3. The molecule has 1 aromatic carbocycles. The standard InChI is InChI=1S/C20H27NO3/c1-12-17(14(3)22)13(2)21-18(12)19(23)24-11-15-7-9-16(10-8-15)20(4,5)6/h7-10,14,21-22H,11H2,1-6H3/t14-/m0/s1. The molecular weight excluding hydrogens is 302 g/mol. The van der Waals surface area contributed by atoms with Gasteiger partial charge in [0, 0.05) is 11.3 Å². The van der Waals surface area contributed by atoms with Crippen LogP contribution >= 0.6 is 0 Å². The number of ether oxygens (including phenoxy) is 1. The number of hydrogen-bond acceptors (Lipinski definition) is 3. The summed E-state index contributed by atoms with van der Waals surface area (Å²) in [5.41, 5.74) is 5.01. The van der Waals surface area contributed by atoms with Crippen LogP contribution in [-0.4, -0.2) is 16.1 Å². The zero-order chi connectivity index (χ0) is 18.1. The summed E-state index contributed by atoms with van der Waals surface area (Å²) in [7, 11) is 0. The van der Waals surface area contributed by atoms with Crippen LogP contribution < -0.4 is 0 Å². The SMILES string of the molecule is Cc1[nH]c(C(=O)OCc2ccc(C(C)(C)C)cc2)c(C)c1[C@H](C)O. The van der Waals surface area contributed by atoms with Crippen LogP contribution in [0.2, 0.25) is 0 Å². The molecule has 0 aliphatic carbocycles. The molecule has 0 saturated carbocycles. The minimum absolute atomic E-state index is 0.103. The van der Waals surface area contributed by atoms with E-state index in [-0.39, 0.29) is 12.0 Å². The summed E-state index contributed by atoms with van der Waals surface area (Å²) in [5, 5.41) is 9.81. The number of carbonyl (C=O) groups excluding carboxylic acids is 1. The Balaban J connectivity index is 2.07. The number of hydrogen-bond donors (Lipinski definition) is 2. The van der Waals surface area contributed by atoms with Crippen LogP contribution in [0.5, 0.6) is 0 Å². The molecule has 0 radical (unpaired) electrons. The van der Waals surface area contributed by atoms with Gasteiger partial charge in [0.25, 0.3) is 0 Å². The molecule has 0 aliphatic heterocycles. The maximum absolute atomic E-state index is 12.3. The number of carbonyl (C=O) groups is 1. The molecule has 2 rings (SSSR count). The first-order valence-corrected chi connectivity index (χ1v) is 8.25. The van der Waals surface area contributed by atoms with Crippen molar-refractivity contribution in [2.45, 2.75) is 59.7 Å². The quantitative estimate of drug-likeness (QED) is 0.820. The number of H-pyrrole nitrogens is 1. The van der Waals surface area contributed by atoms with Crippen LogP contribution in [-0.2, 0) is 16.8 Å². The van der Waals surface area contributed by atoms with Crippen molar-refractivity contribution in [2.75, 3.05) is 0 Å². The van der Waals surface area contributed by atoms with E-state index in [4.69, 9.17) is 4.74 Å². The summed E-state index contributed by atoms with van der Waals surface area (Å²) in [5.74, 6) is -0.401. The van der Waals surface area contributed by atoms with Crippen molar-refractivity contribution in [2.24, 2.45) is 0 Å². The molecule has 0 aliphatic rings. The number of aromatic amines is 1. The second-order valence-corrected chi connectivity index (χ2v) is 7.36. The molecule has 0 saturated heterocycles. The van der Waals surface area contributed by atoms with Gasteiger partial charge in [-0.25, -0.2) is 4.79 Å². The van der Waals surface area contributed by atoms with Crippen molar-refractivity contribution in [3.8, 4) is 0 Å². The van der Waals surface area contributed by atoms with Gasteiger partial charge >= 0.3 is 5.97 Å². The Kier molecular flexibility index (Phi) is 5.19. The second-order valence-electron chi connectivity index (χ2n) is 7.36. The first-order chi connectivity index (χ1) is 11.1. The summed E-state index contributed by atoms with van der Waals surface area (Å²) < 4.78 is 5.42. The highest BCUT2D eigenvalue weighted by molar-refractivity contribution is 5.89. The summed E-state index contributed by atoms with van der Waals surface area (Å²) >= 11 is 0. The van der Waals surface area contributed by atoms with Crippen molar-refractivity contribution in [3.05, 3.63) is 57.9 Å². The van der Waals surface area contributed by atoms with Gasteiger partial charge in [0.2, 0.25) is 0 Å². The van der Waals surface area contributed by atoms with Crippen molar-refractivity contribution < 1.29 is 14.6 Å². The zero-order valence-corrected chi connectivity index (χ0v) is 15.4. The molecule has 4 nitrogen and oxygen atoms in total. The van der Waals surface area contributed by atoms with Crippen LogP contribution in [0.4, 0.5) is 0 Å².